The van der Waals surface area contributed by atoms with E-state index in [0.717, 1.165) is 13.0 Å². The van der Waals surface area contributed by atoms with Crippen LogP contribution in [0.1, 0.15) is 6.42 Å². The number of rotatable bonds is 4. The van der Waals surface area contributed by atoms with Crippen LogP contribution in [0.15, 0.2) is 17.0 Å². The van der Waals surface area contributed by atoms with Gasteiger partial charge in [0.2, 0.25) is 10.0 Å². The highest BCUT2D eigenvalue weighted by Crippen LogP contribution is 2.33. The minimum atomic E-state index is -3.78. The quantitative estimate of drug-likeness (QED) is 0.821. The maximum Gasteiger partial charge on any atom is 0.244 e. The van der Waals surface area contributed by atoms with Gasteiger partial charge in [0.05, 0.1) is 10.0 Å². The fraction of sp³-hybridized carbons (Fsp3) is 0.500. The summed E-state index contributed by atoms with van der Waals surface area (Å²) in [5, 5.41) is 2.38. The first-order chi connectivity index (χ1) is 9.37. The largest absolute Gasteiger partial charge is 0.319 e. The first-order valence-electron chi connectivity index (χ1n) is 6.16. The zero-order chi connectivity index (χ0) is 14.9. The molecule has 1 heterocycles. The molecule has 1 aliphatic rings. The Morgan fingerprint density at radius 2 is 2.10 bits per heavy atom. The first kappa shape index (κ1) is 18.9. The summed E-state index contributed by atoms with van der Waals surface area (Å²) in [6.07, 6.45) is 0.772. The van der Waals surface area contributed by atoms with E-state index in [4.69, 9.17) is 23.2 Å². The van der Waals surface area contributed by atoms with Crippen molar-refractivity contribution in [1.82, 2.24) is 9.62 Å². The molecule has 1 aliphatic heterocycles. The lowest BCUT2D eigenvalue weighted by Gasteiger charge is -2.18. The predicted octanol–water partition coefficient (Wildman–Crippen LogP) is 2.78. The summed E-state index contributed by atoms with van der Waals surface area (Å²) in [6.45, 7) is 1.56. The maximum atomic E-state index is 13.6. The summed E-state index contributed by atoms with van der Waals surface area (Å²) in [6, 6.07) is 2.45. The Kier molecular flexibility index (Phi) is 6.71. The third kappa shape index (κ3) is 3.81. The van der Waals surface area contributed by atoms with Gasteiger partial charge in [0, 0.05) is 13.1 Å². The highest BCUT2D eigenvalue weighted by atomic mass is 35.5. The van der Waals surface area contributed by atoms with Crippen LogP contribution in [0.3, 0.4) is 0 Å². The van der Waals surface area contributed by atoms with Crippen molar-refractivity contribution in [2.24, 2.45) is 5.92 Å². The maximum absolute atomic E-state index is 13.6. The van der Waals surface area contributed by atoms with Crippen LogP contribution in [0.5, 0.6) is 0 Å². The Labute approximate surface area is 140 Å². The van der Waals surface area contributed by atoms with Crippen LogP contribution in [0.2, 0.25) is 10.0 Å². The van der Waals surface area contributed by atoms with E-state index in [1.165, 1.54) is 16.4 Å². The van der Waals surface area contributed by atoms with Gasteiger partial charge >= 0.3 is 0 Å². The van der Waals surface area contributed by atoms with Crippen LogP contribution >= 0.6 is 35.6 Å². The van der Waals surface area contributed by atoms with Crippen LogP contribution in [0.25, 0.3) is 0 Å². The molecule has 1 saturated heterocycles. The SMILES string of the molecule is CNCC1CCN(S(=O)(=O)c2ccc(Cl)c(F)c2Cl)C1.Cl. The molecule has 0 saturated carbocycles. The third-order valence-electron chi connectivity index (χ3n) is 3.36. The second-order valence-corrected chi connectivity index (χ2v) is 7.44. The van der Waals surface area contributed by atoms with Crippen LogP contribution in [-0.2, 0) is 10.0 Å². The molecule has 1 aromatic carbocycles. The summed E-state index contributed by atoms with van der Waals surface area (Å²) in [4.78, 5) is -0.230. The van der Waals surface area contributed by atoms with Gasteiger partial charge in [0.1, 0.15) is 4.90 Å². The number of benzene rings is 1. The molecule has 0 radical (unpaired) electrons. The molecule has 120 valence electrons. The highest BCUT2D eigenvalue weighted by molar-refractivity contribution is 7.89. The second-order valence-electron chi connectivity index (χ2n) is 4.75. The Morgan fingerprint density at radius 1 is 1.43 bits per heavy atom. The normalized spacial score (nSPS) is 19.5. The van der Waals surface area contributed by atoms with Crippen molar-refractivity contribution in [2.75, 3.05) is 26.7 Å². The van der Waals surface area contributed by atoms with Crippen molar-refractivity contribution in [3.63, 3.8) is 0 Å². The van der Waals surface area contributed by atoms with Crippen LogP contribution in [0.4, 0.5) is 4.39 Å². The topological polar surface area (TPSA) is 49.4 Å². The van der Waals surface area contributed by atoms with Crippen molar-refractivity contribution in [3.8, 4) is 0 Å². The summed E-state index contributed by atoms with van der Waals surface area (Å²) >= 11 is 11.4. The van der Waals surface area contributed by atoms with Crippen molar-refractivity contribution in [1.29, 1.82) is 0 Å². The number of halogens is 4. The van der Waals surface area contributed by atoms with Crippen molar-refractivity contribution in [3.05, 3.63) is 28.0 Å². The average Bonchev–Trinajstić information content (AvgIpc) is 2.85. The average molecular weight is 378 g/mol. The van der Waals surface area contributed by atoms with Gasteiger partial charge in [-0.3, -0.25) is 0 Å². The van der Waals surface area contributed by atoms with Crippen LogP contribution < -0.4 is 5.32 Å². The van der Waals surface area contributed by atoms with Crippen molar-refractivity contribution < 1.29 is 12.8 Å². The Hall–Kier alpha value is -0.110. The number of nitrogens with zero attached hydrogens (tertiary/aromatic N) is 1. The molecule has 9 heteroatoms. The monoisotopic (exact) mass is 376 g/mol. The van der Waals surface area contributed by atoms with E-state index < -0.39 is 20.9 Å². The van der Waals surface area contributed by atoms with Gasteiger partial charge in [-0.15, -0.1) is 12.4 Å². The Morgan fingerprint density at radius 3 is 2.71 bits per heavy atom. The molecule has 1 unspecified atom stereocenters. The smallest absolute Gasteiger partial charge is 0.244 e. The lowest BCUT2D eigenvalue weighted by molar-refractivity contribution is 0.450. The first-order valence-corrected chi connectivity index (χ1v) is 8.35. The zero-order valence-electron chi connectivity index (χ0n) is 11.3. The van der Waals surface area contributed by atoms with E-state index in [-0.39, 0.29) is 28.2 Å². The minimum Gasteiger partial charge on any atom is -0.319 e. The molecule has 1 aromatic rings. The van der Waals surface area contributed by atoms with E-state index in [1.807, 2.05) is 7.05 Å². The molecule has 0 bridgehead atoms. The Bertz CT molecular complexity index is 613. The van der Waals surface area contributed by atoms with Gasteiger partial charge in [-0.2, -0.15) is 4.31 Å². The summed E-state index contributed by atoms with van der Waals surface area (Å²) in [7, 11) is -1.96. The standard InChI is InChI=1S/C12H15Cl2FN2O2S.ClH/c1-16-6-8-4-5-17(7-8)20(18,19)10-3-2-9(13)12(15)11(10)14;/h2-3,8,16H,4-7H2,1H3;1H. The van der Waals surface area contributed by atoms with Gasteiger partial charge in [0.15, 0.2) is 5.82 Å². The van der Waals surface area contributed by atoms with E-state index in [9.17, 15) is 12.8 Å². The lowest BCUT2D eigenvalue weighted by atomic mass is 10.1. The van der Waals surface area contributed by atoms with Crippen LogP contribution in [0, 0.1) is 11.7 Å². The van der Waals surface area contributed by atoms with E-state index in [1.54, 1.807) is 0 Å². The molecule has 4 nitrogen and oxygen atoms in total. The molecule has 1 N–H and O–H groups in total. The Balaban J connectivity index is 0.00000220. The molecule has 1 atom stereocenters. The molecule has 0 spiro atoms. The van der Waals surface area contributed by atoms with Crippen molar-refractivity contribution >= 4 is 45.6 Å². The number of hydrogen-bond acceptors (Lipinski definition) is 3. The summed E-state index contributed by atoms with van der Waals surface area (Å²) in [5.41, 5.74) is 0. The van der Waals surface area contributed by atoms with Crippen LogP contribution in [-0.4, -0.2) is 39.4 Å². The molecular formula is C12H16Cl3FN2O2S. The predicted molar refractivity (Wildman–Crippen MR) is 84.5 cm³/mol. The number of hydrogen-bond donors (Lipinski definition) is 1. The fourth-order valence-electron chi connectivity index (χ4n) is 2.32. The zero-order valence-corrected chi connectivity index (χ0v) is 14.4. The fourth-order valence-corrected chi connectivity index (χ4v) is 4.57. The molecule has 0 amide bonds. The number of nitrogens with one attached hydrogen (secondary N) is 1. The third-order valence-corrected chi connectivity index (χ3v) is 6.04. The van der Waals surface area contributed by atoms with Gasteiger partial charge < -0.3 is 5.32 Å². The second kappa shape index (κ2) is 7.44. The molecular weight excluding hydrogens is 362 g/mol. The van der Waals surface area contributed by atoms with Gasteiger partial charge in [-0.05, 0) is 38.1 Å². The molecule has 0 aromatic heterocycles. The van der Waals surface area contributed by atoms with E-state index >= 15 is 0 Å². The summed E-state index contributed by atoms with van der Waals surface area (Å²) in [5.74, 6) is -0.647. The van der Waals surface area contributed by atoms with Gasteiger partial charge in [-0.25, -0.2) is 12.8 Å². The summed E-state index contributed by atoms with van der Waals surface area (Å²) < 4.78 is 39.9. The van der Waals surface area contributed by atoms with E-state index in [0.29, 0.717) is 13.1 Å². The van der Waals surface area contributed by atoms with Gasteiger partial charge in [0.25, 0.3) is 0 Å². The highest BCUT2D eigenvalue weighted by Gasteiger charge is 2.34. The molecule has 21 heavy (non-hydrogen) atoms. The number of sulfonamides is 1. The minimum absolute atomic E-state index is 0. The van der Waals surface area contributed by atoms with Crippen molar-refractivity contribution in [2.45, 2.75) is 11.3 Å². The van der Waals surface area contributed by atoms with E-state index in [2.05, 4.69) is 5.32 Å². The lowest BCUT2D eigenvalue weighted by Crippen LogP contribution is -2.30. The molecule has 2 rings (SSSR count). The molecule has 1 fully saturated rings. The van der Waals surface area contributed by atoms with Gasteiger partial charge in [-0.1, -0.05) is 23.2 Å². The molecule has 0 aliphatic carbocycles.